The Morgan fingerprint density at radius 3 is 1.75 bits per heavy atom. The second-order valence-corrected chi connectivity index (χ2v) is 20.4. The summed E-state index contributed by atoms with van der Waals surface area (Å²) in [5.74, 6) is 1.56. The highest BCUT2D eigenvalue weighted by Crippen LogP contribution is 2.36. The average molecular weight is 855 g/mol. The number of aromatic nitrogens is 2. The van der Waals surface area contributed by atoms with Gasteiger partial charge in [-0.05, 0) is 109 Å². The van der Waals surface area contributed by atoms with Crippen LogP contribution in [0.25, 0.3) is 21.7 Å². The first kappa shape index (κ1) is 47.9. The van der Waals surface area contributed by atoms with Gasteiger partial charge in [-0.15, -0.1) is 0 Å². The Labute approximate surface area is 372 Å². The summed E-state index contributed by atoms with van der Waals surface area (Å²) < 4.78 is 12.6. The van der Waals surface area contributed by atoms with E-state index in [2.05, 4.69) is 118 Å². The molecule has 4 heterocycles. The molecule has 6 aromatic rings. The zero-order valence-corrected chi connectivity index (χ0v) is 39.7. The van der Waals surface area contributed by atoms with E-state index in [1.54, 1.807) is 29.5 Å². The molecule has 0 radical (unpaired) electrons. The van der Waals surface area contributed by atoms with Crippen LogP contribution in [0.5, 0.6) is 11.5 Å². The average Bonchev–Trinajstić information content (AvgIpc) is 3.20. The van der Waals surface area contributed by atoms with E-state index < -0.39 is 0 Å². The van der Waals surface area contributed by atoms with Crippen molar-refractivity contribution in [2.24, 2.45) is 7.05 Å². The van der Waals surface area contributed by atoms with Crippen molar-refractivity contribution in [2.75, 3.05) is 30.0 Å². The molecule has 10 heteroatoms. The number of H-pyrrole nitrogens is 1. The Kier molecular flexibility index (Phi) is 14.2. The third-order valence-corrected chi connectivity index (χ3v) is 11.1. The van der Waals surface area contributed by atoms with E-state index in [1.165, 1.54) is 22.3 Å². The number of nitrogens with one attached hydrogen (secondary N) is 2. The van der Waals surface area contributed by atoms with Crippen LogP contribution in [-0.2, 0) is 38.3 Å². The molecule has 0 atom stereocenters. The SMILES string of the molecule is CC(=O)N1CCOc2cc(C(C)(C)C)ccc21.CC(C)(C)c1ccc2[nH]c(=O)ccc2c1.CC(C)(C)c1ccc2c(c1)OCC(=O)N2.Cn1ccc2cc(C(C)(C)C)ccc2c1=O. The monoisotopic (exact) mass is 854 g/mol. The van der Waals surface area contributed by atoms with Crippen LogP contribution in [0, 0.1) is 0 Å². The number of benzene rings is 4. The highest BCUT2D eigenvalue weighted by molar-refractivity contribution is 5.95. The number of hydrogen-bond acceptors (Lipinski definition) is 6. The Morgan fingerprint density at radius 2 is 1.14 bits per heavy atom. The van der Waals surface area contributed by atoms with Crippen molar-refractivity contribution in [2.45, 2.75) is 112 Å². The summed E-state index contributed by atoms with van der Waals surface area (Å²) in [6, 6.07) is 29.7. The number of carbonyl (C=O) groups is 2. The smallest absolute Gasteiger partial charge is 0.262 e. The first-order valence-corrected chi connectivity index (χ1v) is 21.6. The molecule has 2 N–H and O–H groups in total. The van der Waals surface area contributed by atoms with E-state index in [0.29, 0.717) is 13.2 Å². The highest BCUT2D eigenvalue weighted by atomic mass is 16.5. The summed E-state index contributed by atoms with van der Waals surface area (Å²) in [5.41, 5.74) is 7.99. The fraction of sp³-hybridized carbons (Fsp3) is 0.396. The molecular weight excluding hydrogens is 789 g/mol. The van der Waals surface area contributed by atoms with Crippen LogP contribution in [-0.4, -0.2) is 41.1 Å². The van der Waals surface area contributed by atoms with Crippen molar-refractivity contribution in [3.8, 4) is 11.5 Å². The quantitative estimate of drug-likeness (QED) is 0.157. The van der Waals surface area contributed by atoms with Gasteiger partial charge in [0, 0.05) is 37.1 Å². The molecule has 0 fully saturated rings. The molecule has 0 bridgehead atoms. The number of aromatic amines is 1. The van der Waals surface area contributed by atoms with Gasteiger partial charge in [-0.3, -0.25) is 19.2 Å². The van der Waals surface area contributed by atoms with Crippen LogP contribution >= 0.6 is 0 Å². The molecule has 0 unspecified atom stereocenters. The lowest BCUT2D eigenvalue weighted by Gasteiger charge is -2.30. The molecule has 10 nitrogen and oxygen atoms in total. The van der Waals surface area contributed by atoms with Crippen molar-refractivity contribution < 1.29 is 19.1 Å². The normalized spacial score (nSPS) is 13.6. The van der Waals surface area contributed by atoms with Crippen molar-refractivity contribution in [3.05, 3.63) is 140 Å². The van der Waals surface area contributed by atoms with E-state index in [1.807, 2.05) is 66.9 Å². The van der Waals surface area contributed by atoms with Crippen molar-refractivity contribution in [1.29, 1.82) is 0 Å². The van der Waals surface area contributed by atoms with Gasteiger partial charge >= 0.3 is 0 Å². The van der Waals surface area contributed by atoms with E-state index >= 15 is 0 Å². The second kappa shape index (κ2) is 18.7. The second-order valence-electron chi connectivity index (χ2n) is 20.4. The third-order valence-electron chi connectivity index (χ3n) is 11.1. The highest BCUT2D eigenvalue weighted by Gasteiger charge is 2.24. The molecule has 0 saturated carbocycles. The molecule has 2 aromatic heterocycles. The van der Waals surface area contributed by atoms with E-state index in [4.69, 9.17) is 9.47 Å². The third kappa shape index (κ3) is 12.3. The standard InChI is InChI=1S/C14H19NO2.C14H17NO.C13H15NO.C12H15NO2/c1-10(16)15-7-8-17-13-9-11(14(2,3)4)5-6-12(13)15;1-14(2,3)11-5-6-12-10(9-11)7-8-15(4)13(12)16;1-13(2,3)10-5-6-11-9(8-10)4-7-12(15)14-11;1-12(2,3)8-4-5-9-10(6-8)15-7-11(14)13-9/h5-6,9H,7-8H2,1-4H3;5-9H,1-4H3;4-8H,1-3H3,(H,14,15);4-6H,7H2,1-3H3,(H,13,14). The topological polar surface area (TPSA) is 123 Å². The first-order valence-electron chi connectivity index (χ1n) is 21.6. The molecule has 4 aromatic carbocycles. The molecule has 334 valence electrons. The number of fused-ring (bicyclic) bond motifs is 4. The fourth-order valence-electron chi connectivity index (χ4n) is 6.99. The summed E-state index contributed by atoms with van der Waals surface area (Å²) >= 11 is 0. The van der Waals surface area contributed by atoms with Crippen molar-refractivity contribution in [3.63, 3.8) is 0 Å². The Bertz CT molecular complexity index is 2740. The van der Waals surface area contributed by atoms with Crippen LogP contribution in [0.1, 0.15) is 112 Å². The summed E-state index contributed by atoms with van der Waals surface area (Å²) in [5, 5.41) is 5.67. The maximum Gasteiger partial charge on any atom is 0.262 e. The summed E-state index contributed by atoms with van der Waals surface area (Å²) in [4.78, 5) is 50.1. The lowest BCUT2D eigenvalue weighted by atomic mass is 9.86. The van der Waals surface area contributed by atoms with Crippen LogP contribution < -0.4 is 30.8 Å². The van der Waals surface area contributed by atoms with Gasteiger partial charge in [-0.2, -0.15) is 0 Å². The van der Waals surface area contributed by atoms with Crippen molar-refractivity contribution in [1.82, 2.24) is 9.55 Å². The zero-order valence-electron chi connectivity index (χ0n) is 39.7. The zero-order chi connectivity index (χ0) is 46.7. The summed E-state index contributed by atoms with van der Waals surface area (Å²) in [6.45, 7) is 28.9. The number of amides is 2. The van der Waals surface area contributed by atoms with Crippen LogP contribution in [0.2, 0.25) is 0 Å². The molecule has 2 aliphatic heterocycles. The Hall–Kier alpha value is -6.16. The lowest BCUT2D eigenvalue weighted by Crippen LogP contribution is -2.36. The molecule has 0 aliphatic carbocycles. The van der Waals surface area contributed by atoms with E-state index in [-0.39, 0.29) is 51.2 Å². The Balaban J connectivity index is 0.000000159. The van der Waals surface area contributed by atoms with Gasteiger partial charge in [0.05, 0.1) is 17.9 Å². The molecule has 0 spiro atoms. The van der Waals surface area contributed by atoms with Gasteiger partial charge in [-0.25, -0.2) is 0 Å². The summed E-state index contributed by atoms with van der Waals surface area (Å²) in [7, 11) is 1.78. The molecule has 2 amide bonds. The number of ether oxygens (including phenoxy) is 2. The first-order chi connectivity index (χ1) is 29.2. The lowest BCUT2D eigenvalue weighted by molar-refractivity contribution is -0.118. The van der Waals surface area contributed by atoms with Gasteiger partial charge in [0.15, 0.2) is 6.61 Å². The molecule has 0 saturated heterocycles. The van der Waals surface area contributed by atoms with Gasteiger partial charge in [-0.1, -0.05) is 113 Å². The number of anilines is 2. The Morgan fingerprint density at radius 1 is 0.603 bits per heavy atom. The molecular formula is C53H66N4O6. The molecule has 8 rings (SSSR count). The number of aryl methyl sites for hydroxylation is 1. The van der Waals surface area contributed by atoms with Gasteiger partial charge in [0.1, 0.15) is 18.1 Å². The van der Waals surface area contributed by atoms with Gasteiger partial charge in [0.2, 0.25) is 11.5 Å². The largest absolute Gasteiger partial charge is 0.490 e. The number of hydrogen-bond donors (Lipinski definition) is 2. The maximum atomic E-state index is 11.9. The molecule has 2 aliphatic rings. The predicted octanol–water partition coefficient (Wildman–Crippen LogP) is 10.7. The number of carbonyl (C=O) groups excluding carboxylic acids is 2. The van der Waals surface area contributed by atoms with Crippen LogP contribution in [0.15, 0.2) is 107 Å². The minimum Gasteiger partial charge on any atom is -0.490 e. The molecule has 63 heavy (non-hydrogen) atoms. The summed E-state index contributed by atoms with van der Waals surface area (Å²) in [6.07, 6.45) is 1.82. The van der Waals surface area contributed by atoms with Crippen LogP contribution in [0.4, 0.5) is 11.4 Å². The number of rotatable bonds is 0. The maximum absolute atomic E-state index is 11.9. The van der Waals surface area contributed by atoms with Crippen molar-refractivity contribution >= 4 is 44.9 Å². The van der Waals surface area contributed by atoms with E-state index in [0.717, 1.165) is 44.5 Å². The number of pyridine rings is 2. The predicted molar refractivity (Wildman–Crippen MR) is 259 cm³/mol. The minimum absolute atomic E-state index is 0.0500. The van der Waals surface area contributed by atoms with Gasteiger partial charge < -0.3 is 29.2 Å². The van der Waals surface area contributed by atoms with E-state index in [9.17, 15) is 19.2 Å². The fourth-order valence-corrected chi connectivity index (χ4v) is 6.99. The van der Waals surface area contributed by atoms with Gasteiger partial charge in [0.25, 0.3) is 11.5 Å². The minimum atomic E-state index is -0.0917. The number of nitrogens with zero attached hydrogens (tertiary/aromatic N) is 2. The van der Waals surface area contributed by atoms with Crippen LogP contribution in [0.3, 0.4) is 0 Å².